The molecule has 0 spiro atoms. The minimum Gasteiger partial charge on any atom is -0.307 e. The maximum absolute atomic E-state index is 13.7. The second-order valence-corrected chi connectivity index (χ2v) is 5.17. The standard InChI is InChI=1S/C17H19ClFN/c1-3-12-6-5-7-13(10-12)17(20-4-2)14-8-9-15(18)16(19)11-14/h5-11,17,20H,3-4H2,1-2H3. The number of hydrogen-bond acceptors (Lipinski definition) is 1. The molecule has 0 saturated heterocycles. The van der Waals surface area contributed by atoms with Gasteiger partial charge in [-0.1, -0.05) is 55.8 Å². The van der Waals surface area contributed by atoms with Gasteiger partial charge in [0.05, 0.1) is 11.1 Å². The molecule has 0 aliphatic rings. The Morgan fingerprint density at radius 3 is 2.50 bits per heavy atom. The molecule has 20 heavy (non-hydrogen) atoms. The Bertz CT molecular complexity index is 583. The van der Waals surface area contributed by atoms with Gasteiger partial charge in [0.25, 0.3) is 0 Å². The molecule has 0 aromatic heterocycles. The van der Waals surface area contributed by atoms with Crippen LogP contribution in [0, 0.1) is 5.82 Å². The lowest BCUT2D eigenvalue weighted by molar-refractivity contribution is 0.603. The molecule has 1 nitrogen and oxygen atoms in total. The van der Waals surface area contributed by atoms with Crippen molar-refractivity contribution in [3.05, 3.63) is 70.0 Å². The van der Waals surface area contributed by atoms with E-state index < -0.39 is 0 Å². The molecule has 0 radical (unpaired) electrons. The summed E-state index contributed by atoms with van der Waals surface area (Å²) in [6, 6.07) is 13.4. The number of aryl methyl sites for hydroxylation is 1. The average molecular weight is 292 g/mol. The van der Waals surface area contributed by atoms with Crippen molar-refractivity contribution in [2.75, 3.05) is 6.54 Å². The molecule has 1 unspecified atom stereocenters. The SMILES string of the molecule is CCNC(c1cccc(CC)c1)c1ccc(Cl)c(F)c1. The van der Waals surface area contributed by atoms with Gasteiger partial charge in [-0.3, -0.25) is 0 Å². The van der Waals surface area contributed by atoms with Crippen LogP contribution in [0.5, 0.6) is 0 Å². The fourth-order valence-electron chi connectivity index (χ4n) is 2.32. The summed E-state index contributed by atoms with van der Waals surface area (Å²) in [7, 11) is 0. The van der Waals surface area contributed by atoms with E-state index in [1.165, 1.54) is 11.6 Å². The summed E-state index contributed by atoms with van der Waals surface area (Å²) in [4.78, 5) is 0. The number of nitrogens with one attached hydrogen (secondary N) is 1. The molecule has 2 aromatic rings. The molecule has 1 atom stereocenters. The summed E-state index contributed by atoms with van der Waals surface area (Å²) < 4.78 is 13.7. The van der Waals surface area contributed by atoms with Crippen LogP contribution in [0.25, 0.3) is 0 Å². The van der Waals surface area contributed by atoms with Crippen molar-refractivity contribution in [3.8, 4) is 0 Å². The molecule has 0 heterocycles. The van der Waals surface area contributed by atoms with Gasteiger partial charge in [0.1, 0.15) is 5.82 Å². The van der Waals surface area contributed by atoms with Gasteiger partial charge in [0.15, 0.2) is 0 Å². The van der Waals surface area contributed by atoms with Crippen molar-refractivity contribution in [2.45, 2.75) is 26.3 Å². The molecule has 0 aliphatic heterocycles. The first-order chi connectivity index (χ1) is 9.65. The van der Waals surface area contributed by atoms with Gasteiger partial charge >= 0.3 is 0 Å². The van der Waals surface area contributed by atoms with Crippen LogP contribution in [0.1, 0.15) is 36.6 Å². The van der Waals surface area contributed by atoms with Crippen LogP contribution in [0.3, 0.4) is 0 Å². The molecule has 2 rings (SSSR count). The predicted octanol–water partition coefficient (Wildman–Crippen LogP) is 4.74. The van der Waals surface area contributed by atoms with Crippen molar-refractivity contribution in [3.63, 3.8) is 0 Å². The van der Waals surface area contributed by atoms with E-state index in [4.69, 9.17) is 11.6 Å². The van der Waals surface area contributed by atoms with Crippen LogP contribution in [-0.4, -0.2) is 6.54 Å². The third kappa shape index (κ3) is 3.38. The second kappa shape index (κ2) is 6.87. The summed E-state index contributed by atoms with van der Waals surface area (Å²) in [5, 5.41) is 3.56. The van der Waals surface area contributed by atoms with Crippen LogP contribution in [0.4, 0.5) is 4.39 Å². The number of halogens is 2. The zero-order valence-corrected chi connectivity index (χ0v) is 12.5. The van der Waals surface area contributed by atoms with E-state index in [9.17, 15) is 4.39 Å². The summed E-state index contributed by atoms with van der Waals surface area (Å²) in [6.07, 6.45) is 0.988. The number of benzene rings is 2. The first kappa shape index (κ1) is 15.0. The lowest BCUT2D eigenvalue weighted by atomic mass is 9.96. The summed E-state index contributed by atoms with van der Waals surface area (Å²) in [6.45, 7) is 4.98. The highest BCUT2D eigenvalue weighted by Crippen LogP contribution is 2.26. The molecule has 106 valence electrons. The molecule has 0 aliphatic carbocycles. The zero-order valence-electron chi connectivity index (χ0n) is 11.8. The highest BCUT2D eigenvalue weighted by Gasteiger charge is 2.14. The van der Waals surface area contributed by atoms with Crippen molar-refractivity contribution in [1.82, 2.24) is 5.32 Å². The molecular weight excluding hydrogens is 273 g/mol. The third-order valence-electron chi connectivity index (χ3n) is 3.38. The highest BCUT2D eigenvalue weighted by molar-refractivity contribution is 6.30. The van der Waals surface area contributed by atoms with Crippen molar-refractivity contribution in [1.29, 1.82) is 0 Å². The number of rotatable bonds is 5. The predicted molar refractivity (Wildman–Crippen MR) is 82.7 cm³/mol. The fraction of sp³-hybridized carbons (Fsp3) is 0.294. The second-order valence-electron chi connectivity index (χ2n) is 4.76. The minimum atomic E-state index is -0.376. The van der Waals surface area contributed by atoms with Crippen LogP contribution in [0.15, 0.2) is 42.5 Å². The molecule has 0 amide bonds. The molecule has 3 heteroatoms. The van der Waals surface area contributed by atoms with E-state index in [-0.39, 0.29) is 16.9 Å². The van der Waals surface area contributed by atoms with E-state index in [1.54, 1.807) is 6.07 Å². The molecule has 0 fully saturated rings. The van der Waals surface area contributed by atoms with Crippen LogP contribution in [0.2, 0.25) is 5.02 Å². The normalized spacial score (nSPS) is 12.4. The van der Waals surface area contributed by atoms with Crippen molar-refractivity contribution in [2.24, 2.45) is 0 Å². The Labute approximate surface area is 124 Å². The lowest BCUT2D eigenvalue weighted by Crippen LogP contribution is -2.22. The lowest BCUT2D eigenvalue weighted by Gasteiger charge is -2.20. The Kier molecular flexibility index (Phi) is 5.16. The van der Waals surface area contributed by atoms with Gasteiger partial charge in [-0.2, -0.15) is 0 Å². The Hall–Kier alpha value is -1.38. The molecule has 0 bridgehead atoms. The summed E-state index contributed by atoms with van der Waals surface area (Å²) >= 11 is 5.76. The largest absolute Gasteiger partial charge is 0.307 e. The van der Waals surface area contributed by atoms with E-state index in [0.29, 0.717) is 0 Å². The van der Waals surface area contributed by atoms with Gasteiger partial charge in [-0.05, 0) is 41.8 Å². The van der Waals surface area contributed by atoms with Gasteiger partial charge in [-0.15, -0.1) is 0 Å². The van der Waals surface area contributed by atoms with E-state index in [0.717, 1.165) is 24.1 Å². The first-order valence-electron chi connectivity index (χ1n) is 6.92. The van der Waals surface area contributed by atoms with Crippen molar-refractivity contribution >= 4 is 11.6 Å². The Morgan fingerprint density at radius 2 is 1.85 bits per heavy atom. The Balaban J connectivity index is 2.41. The summed E-state index contributed by atoms with van der Waals surface area (Å²) in [5.41, 5.74) is 3.31. The molecule has 2 aromatic carbocycles. The van der Waals surface area contributed by atoms with E-state index >= 15 is 0 Å². The quantitative estimate of drug-likeness (QED) is 0.839. The van der Waals surface area contributed by atoms with Crippen molar-refractivity contribution < 1.29 is 4.39 Å². The van der Waals surface area contributed by atoms with Crippen LogP contribution < -0.4 is 5.32 Å². The van der Waals surface area contributed by atoms with Gasteiger partial charge < -0.3 is 5.32 Å². The topological polar surface area (TPSA) is 12.0 Å². The molecule has 1 N–H and O–H groups in total. The van der Waals surface area contributed by atoms with Gasteiger partial charge in [0.2, 0.25) is 0 Å². The Morgan fingerprint density at radius 1 is 1.10 bits per heavy atom. The maximum atomic E-state index is 13.7. The monoisotopic (exact) mass is 291 g/mol. The van der Waals surface area contributed by atoms with Gasteiger partial charge in [-0.25, -0.2) is 4.39 Å². The van der Waals surface area contributed by atoms with Crippen LogP contribution in [-0.2, 0) is 6.42 Å². The maximum Gasteiger partial charge on any atom is 0.142 e. The zero-order chi connectivity index (χ0) is 14.5. The van der Waals surface area contributed by atoms with E-state index in [1.807, 2.05) is 19.1 Å². The first-order valence-corrected chi connectivity index (χ1v) is 7.30. The van der Waals surface area contributed by atoms with E-state index in [2.05, 4.69) is 30.4 Å². The fourth-order valence-corrected chi connectivity index (χ4v) is 2.43. The minimum absolute atomic E-state index is 0.0155. The highest BCUT2D eigenvalue weighted by atomic mass is 35.5. The molecular formula is C17H19ClFN. The summed E-state index contributed by atoms with van der Waals surface area (Å²) in [5.74, 6) is -0.376. The average Bonchev–Trinajstić information content (AvgIpc) is 2.48. The number of hydrogen-bond donors (Lipinski definition) is 1. The smallest absolute Gasteiger partial charge is 0.142 e. The van der Waals surface area contributed by atoms with Gasteiger partial charge in [0, 0.05) is 0 Å². The molecule has 0 saturated carbocycles. The third-order valence-corrected chi connectivity index (χ3v) is 3.68. The van der Waals surface area contributed by atoms with Crippen LogP contribution >= 0.6 is 11.6 Å².